The van der Waals surface area contributed by atoms with E-state index >= 15 is 0 Å². The number of halogens is 2. The highest BCUT2D eigenvalue weighted by molar-refractivity contribution is 9.10. The van der Waals surface area contributed by atoms with Crippen molar-refractivity contribution in [3.8, 4) is 0 Å². The summed E-state index contributed by atoms with van der Waals surface area (Å²) < 4.78 is 13.9. The zero-order chi connectivity index (χ0) is 14.4. The van der Waals surface area contributed by atoms with Gasteiger partial charge in [0.2, 0.25) is 0 Å². The fourth-order valence-corrected chi connectivity index (χ4v) is 2.36. The maximum absolute atomic E-state index is 13.3. The van der Waals surface area contributed by atoms with E-state index in [1.54, 1.807) is 11.0 Å². The summed E-state index contributed by atoms with van der Waals surface area (Å²) in [5.41, 5.74) is 0.394. The van der Waals surface area contributed by atoms with Crippen LogP contribution in [0, 0.1) is 5.82 Å². The highest BCUT2D eigenvalue weighted by Crippen LogP contribution is 2.21. The third-order valence-corrected chi connectivity index (χ3v) is 3.74. The lowest BCUT2D eigenvalue weighted by molar-refractivity contribution is 0.0701. The van der Waals surface area contributed by atoms with Crippen LogP contribution in [0.5, 0.6) is 0 Å². The van der Waals surface area contributed by atoms with Gasteiger partial charge in [-0.2, -0.15) is 0 Å². The standard InChI is InChI=1S/C15H21BrFNO/c1-4-5-6-9-18(11(2)3)15(19)13-10-12(17)7-8-14(13)16/h7-8,10-11H,4-6,9H2,1-3H3. The third kappa shape index (κ3) is 4.60. The van der Waals surface area contributed by atoms with Crippen molar-refractivity contribution in [3.05, 3.63) is 34.1 Å². The molecule has 0 unspecified atom stereocenters. The molecule has 0 aliphatic heterocycles. The molecule has 1 amide bonds. The fraction of sp³-hybridized carbons (Fsp3) is 0.533. The Kier molecular flexibility index (Phi) is 6.49. The number of hydrogen-bond acceptors (Lipinski definition) is 1. The summed E-state index contributed by atoms with van der Waals surface area (Å²) in [5, 5.41) is 0. The normalized spacial score (nSPS) is 10.8. The number of amides is 1. The molecule has 0 fully saturated rings. The maximum atomic E-state index is 13.3. The molecular formula is C15H21BrFNO. The molecule has 1 rings (SSSR count). The summed E-state index contributed by atoms with van der Waals surface area (Å²) in [7, 11) is 0. The van der Waals surface area contributed by atoms with Gasteiger partial charge in [-0.1, -0.05) is 19.8 Å². The molecule has 2 nitrogen and oxygen atoms in total. The van der Waals surface area contributed by atoms with Crippen LogP contribution in [0.4, 0.5) is 4.39 Å². The molecular weight excluding hydrogens is 309 g/mol. The zero-order valence-corrected chi connectivity index (χ0v) is 13.3. The summed E-state index contributed by atoms with van der Waals surface area (Å²) in [6.07, 6.45) is 3.19. The summed E-state index contributed by atoms with van der Waals surface area (Å²) in [6.45, 7) is 6.81. The van der Waals surface area contributed by atoms with Gasteiger partial charge >= 0.3 is 0 Å². The molecule has 1 aromatic rings. The van der Waals surface area contributed by atoms with Crippen LogP contribution in [0.15, 0.2) is 22.7 Å². The van der Waals surface area contributed by atoms with E-state index in [2.05, 4.69) is 22.9 Å². The fourth-order valence-electron chi connectivity index (χ4n) is 1.94. The van der Waals surface area contributed by atoms with Gasteiger partial charge < -0.3 is 4.90 Å². The molecule has 0 N–H and O–H groups in total. The second-order valence-electron chi connectivity index (χ2n) is 4.92. The van der Waals surface area contributed by atoms with Gasteiger partial charge in [0.25, 0.3) is 5.91 Å². The molecule has 0 bridgehead atoms. The summed E-state index contributed by atoms with van der Waals surface area (Å²) in [6, 6.07) is 4.33. The number of nitrogens with zero attached hydrogens (tertiary/aromatic N) is 1. The Balaban J connectivity index is 2.89. The van der Waals surface area contributed by atoms with E-state index < -0.39 is 0 Å². The smallest absolute Gasteiger partial charge is 0.255 e. The molecule has 0 heterocycles. The molecule has 1 aromatic carbocycles. The van der Waals surface area contributed by atoms with Gasteiger partial charge in [-0.25, -0.2) is 4.39 Å². The lowest BCUT2D eigenvalue weighted by Gasteiger charge is -2.27. The van der Waals surface area contributed by atoms with Gasteiger partial charge in [-0.05, 0) is 54.4 Å². The number of hydrogen-bond donors (Lipinski definition) is 0. The van der Waals surface area contributed by atoms with E-state index in [0.717, 1.165) is 19.3 Å². The number of benzene rings is 1. The number of carbonyl (C=O) groups excluding carboxylic acids is 1. The maximum Gasteiger partial charge on any atom is 0.255 e. The molecule has 0 aliphatic rings. The molecule has 4 heteroatoms. The molecule has 0 aromatic heterocycles. The Labute approximate surface area is 123 Å². The average molecular weight is 330 g/mol. The van der Waals surface area contributed by atoms with Crippen molar-refractivity contribution in [2.24, 2.45) is 0 Å². The quantitative estimate of drug-likeness (QED) is 0.697. The first kappa shape index (κ1) is 16.2. The minimum absolute atomic E-state index is 0.111. The van der Waals surface area contributed by atoms with Crippen molar-refractivity contribution >= 4 is 21.8 Å². The summed E-state index contributed by atoms with van der Waals surface area (Å²) >= 11 is 3.32. The van der Waals surface area contributed by atoms with Crippen molar-refractivity contribution in [1.29, 1.82) is 0 Å². The summed E-state index contributed by atoms with van der Waals surface area (Å²) in [5.74, 6) is -0.499. The number of rotatable bonds is 6. The second-order valence-corrected chi connectivity index (χ2v) is 5.78. The van der Waals surface area contributed by atoms with Crippen molar-refractivity contribution in [3.63, 3.8) is 0 Å². The topological polar surface area (TPSA) is 20.3 Å². The monoisotopic (exact) mass is 329 g/mol. The van der Waals surface area contributed by atoms with E-state index in [1.807, 2.05) is 13.8 Å². The lowest BCUT2D eigenvalue weighted by atomic mass is 10.1. The predicted octanol–water partition coefficient (Wildman–Crippen LogP) is 4.63. The number of carbonyl (C=O) groups is 1. The Hall–Kier alpha value is -0.900. The van der Waals surface area contributed by atoms with Gasteiger partial charge in [-0.15, -0.1) is 0 Å². The Morgan fingerprint density at radius 3 is 2.63 bits per heavy atom. The van der Waals surface area contributed by atoms with Crippen molar-refractivity contribution < 1.29 is 9.18 Å². The largest absolute Gasteiger partial charge is 0.336 e. The van der Waals surface area contributed by atoms with Crippen LogP contribution in [0.2, 0.25) is 0 Å². The van der Waals surface area contributed by atoms with Crippen LogP contribution in [0.1, 0.15) is 50.4 Å². The molecule has 0 saturated heterocycles. The molecule has 0 spiro atoms. The van der Waals surface area contributed by atoms with E-state index in [4.69, 9.17) is 0 Å². The minimum Gasteiger partial charge on any atom is -0.336 e. The van der Waals surface area contributed by atoms with Gasteiger partial charge in [-0.3, -0.25) is 4.79 Å². The molecule has 0 saturated carbocycles. The second kappa shape index (κ2) is 7.63. The first-order valence-corrected chi connectivity index (χ1v) is 7.52. The van der Waals surface area contributed by atoms with Crippen LogP contribution in [0.3, 0.4) is 0 Å². The highest BCUT2D eigenvalue weighted by Gasteiger charge is 2.20. The molecule has 0 atom stereocenters. The molecule has 0 radical (unpaired) electrons. The van der Waals surface area contributed by atoms with Crippen molar-refractivity contribution in [1.82, 2.24) is 4.90 Å². The molecule has 106 valence electrons. The van der Waals surface area contributed by atoms with Crippen molar-refractivity contribution in [2.45, 2.75) is 46.1 Å². The van der Waals surface area contributed by atoms with E-state index in [9.17, 15) is 9.18 Å². The Morgan fingerprint density at radius 2 is 2.05 bits per heavy atom. The first-order valence-electron chi connectivity index (χ1n) is 6.73. The minimum atomic E-state index is -0.385. The van der Waals surface area contributed by atoms with Gasteiger partial charge in [0.1, 0.15) is 5.82 Å². The van der Waals surface area contributed by atoms with Crippen LogP contribution < -0.4 is 0 Å². The van der Waals surface area contributed by atoms with Crippen LogP contribution in [-0.2, 0) is 0 Å². The SMILES string of the molecule is CCCCCN(C(=O)c1cc(F)ccc1Br)C(C)C. The molecule has 19 heavy (non-hydrogen) atoms. The first-order chi connectivity index (χ1) is 8.97. The lowest BCUT2D eigenvalue weighted by Crippen LogP contribution is -2.38. The molecule has 0 aliphatic carbocycles. The van der Waals surface area contributed by atoms with Crippen molar-refractivity contribution in [2.75, 3.05) is 6.54 Å². The average Bonchev–Trinajstić information content (AvgIpc) is 2.36. The van der Waals surface area contributed by atoms with Crippen LogP contribution in [-0.4, -0.2) is 23.4 Å². The van der Waals surface area contributed by atoms with E-state index in [1.165, 1.54) is 12.1 Å². The van der Waals surface area contributed by atoms with Crippen LogP contribution in [0.25, 0.3) is 0 Å². The third-order valence-electron chi connectivity index (χ3n) is 3.05. The van der Waals surface area contributed by atoms with Gasteiger partial charge in [0, 0.05) is 17.1 Å². The van der Waals surface area contributed by atoms with Crippen LogP contribution >= 0.6 is 15.9 Å². The summed E-state index contributed by atoms with van der Waals surface area (Å²) in [4.78, 5) is 14.3. The van der Waals surface area contributed by atoms with E-state index in [0.29, 0.717) is 16.6 Å². The van der Waals surface area contributed by atoms with Gasteiger partial charge in [0.15, 0.2) is 0 Å². The zero-order valence-electron chi connectivity index (χ0n) is 11.7. The predicted molar refractivity (Wildman–Crippen MR) is 79.8 cm³/mol. The van der Waals surface area contributed by atoms with Gasteiger partial charge in [0.05, 0.1) is 5.56 Å². The Bertz CT molecular complexity index is 434. The number of unbranched alkanes of at least 4 members (excludes halogenated alkanes) is 2. The van der Waals surface area contributed by atoms with E-state index in [-0.39, 0.29) is 17.8 Å². The Morgan fingerprint density at radius 1 is 1.37 bits per heavy atom. The highest BCUT2D eigenvalue weighted by atomic mass is 79.9.